The van der Waals surface area contributed by atoms with Crippen LogP contribution in [-0.4, -0.2) is 26.0 Å². The topological polar surface area (TPSA) is 71.1 Å². The van der Waals surface area contributed by atoms with Gasteiger partial charge in [-0.05, 0) is 13.8 Å². The predicted octanol–water partition coefficient (Wildman–Crippen LogP) is 1.70. The molecule has 0 fully saturated rings. The summed E-state index contributed by atoms with van der Waals surface area (Å²) in [6.45, 7) is 4.47. The summed E-state index contributed by atoms with van der Waals surface area (Å²) < 4.78 is 30.2. The van der Waals surface area contributed by atoms with Crippen molar-refractivity contribution in [2.75, 3.05) is 20.0 Å². The van der Waals surface area contributed by atoms with Crippen LogP contribution in [0.25, 0.3) is 0 Å². The lowest BCUT2D eigenvalue weighted by Crippen LogP contribution is -2.06. The third-order valence-electron chi connectivity index (χ3n) is 1.05. The third kappa shape index (κ3) is 6.10. The first-order chi connectivity index (χ1) is 6.54. The average Bonchev–Trinajstić information content (AvgIpc) is 2.03. The first kappa shape index (κ1) is 13.6. The monoisotopic (exact) mass is 226 g/mol. The van der Waals surface area contributed by atoms with Crippen LogP contribution < -0.4 is 0 Å². The molecule has 0 radical (unpaired) electrons. The molecule has 7 heteroatoms. The predicted molar refractivity (Wildman–Crippen MR) is 48.6 cm³/mol. The Morgan fingerprint density at radius 1 is 1.14 bits per heavy atom. The summed E-state index contributed by atoms with van der Waals surface area (Å²) in [5.74, 6) is -0.524. The zero-order valence-electron chi connectivity index (χ0n) is 8.52. The van der Waals surface area contributed by atoms with Crippen LogP contribution >= 0.6 is 7.82 Å². The van der Waals surface area contributed by atoms with Crippen LogP contribution in [-0.2, 0) is 27.7 Å². The summed E-state index contributed by atoms with van der Waals surface area (Å²) in [5, 5.41) is 0. The van der Waals surface area contributed by atoms with Crippen LogP contribution in [0.1, 0.15) is 20.8 Å². The van der Waals surface area contributed by atoms with Gasteiger partial charge in [0.2, 0.25) is 6.79 Å². The normalized spacial score (nSPS) is 11.4. The number of hydrogen-bond acceptors (Lipinski definition) is 6. The van der Waals surface area contributed by atoms with E-state index < -0.39 is 20.6 Å². The Hall–Kier alpha value is -0.420. The molecule has 0 aromatic heterocycles. The van der Waals surface area contributed by atoms with Crippen LogP contribution in [0.4, 0.5) is 0 Å². The van der Waals surface area contributed by atoms with Crippen molar-refractivity contribution < 1.29 is 27.7 Å². The van der Waals surface area contributed by atoms with Crippen LogP contribution in [0.2, 0.25) is 0 Å². The van der Waals surface area contributed by atoms with Gasteiger partial charge >= 0.3 is 13.8 Å². The first-order valence-electron chi connectivity index (χ1n) is 4.21. The van der Waals surface area contributed by atoms with Gasteiger partial charge in [0.25, 0.3) is 0 Å². The summed E-state index contributed by atoms with van der Waals surface area (Å²) in [5.41, 5.74) is 0. The van der Waals surface area contributed by atoms with Gasteiger partial charge in [0.15, 0.2) is 0 Å². The summed E-state index contributed by atoms with van der Waals surface area (Å²) in [6, 6.07) is 0. The molecule has 0 heterocycles. The Morgan fingerprint density at radius 3 is 2.00 bits per heavy atom. The van der Waals surface area contributed by atoms with Gasteiger partial charge in [0, 0.05) is 6.92 Å². The summed E-state index contributed by atoms with van der Waals surface area (Å²) in [6.07, 6.45) is 0. The molecule has 0 saturated carbocycles. The molecular weight excluding hydrogens is 211 g/mol. The molecule has 0 unspecified atom stereocenters. The molecule has 0 aromatic carbocycles. The fourth-order valence-electron chi connectivity index (χ4n) is 0.602. The maximum atomic E-state index is 11.5. The zero-order valence-corrected chi connectivity index (χ0v) is 9.41. The van der Waals surface area contributed by atoms with Crippen LogP contribution in [0.3, 0.4) is 0 Å². The van der Waals surface area contributed by atoms with E-state index in [1.807, 2.05) is 0 Å². The van der Waals surface area contributed by atoms with Crippen molar-refractivity contribution in [3.63, 3.8) is 0 Å². The molecule has 14 heavy (non-hydrogen) atoms. The highest BCUT2D eigenvalue weighted by Gasteiger charge is 2.25. The minimum atomic E-state index is -3.55. The van der Waals surface area contributed by atoms with E-state index in [1.165, 1.54) is 6.92 Å². The summed E-state index contributed by atoms with van der Waals surface area (Å²) >= 11 is 0. The van der Waals surface area contributed by atoms with Crippen LogP contribution in [0.15, 0.2) is 0 Å². The SMILES string of the molecule is CCOP(=O)(OCC)OCOC(C)=O. The molecule has 0 aromatic rings. The Balaban J connectivity index is 3.96. The number of hydrogen-bond donors (Lipinski definition) is 0. The Bertz CT molecular complexity index is 206. The van der Waals surface area contributed by atoms with E-state index in [-0.39, 0.29) is 13.2 Å². The maximum absolute atomic E-state index is 11.5. The molecule has 84 valence electrons. The molecule has 0 rings (SSSR count). The average molecular weight is 226 g/mol. The molecule has 0 aliphatic rings. The van der Waals surface area contributed by atoms with Gasteiger partial charge in [0.05, 0.1) is 13.2 Å². The van der Waals surface area contributed by atoms with Gasteiger partial charge in [0.1, 0.15) is 0 Å². The number of phosphoric acid groups is 1. The Morgan fingerprint density at radius 2 is 1.64 bits per heavy atom. The molecule has 0 spiro atoms. The number of carbonyl (C=O) groups is 1. The molecule has 0 saturated heterocycles. The first-order valence-corrected chi connectivity index (χ1v) is 5.67. The second kappa shape index (κ2) is 6.95. The van der Waals surface area contributed by atoms with Gasteiger partial charge in [-0.15, -0.1) is 0 Å². The number of carbonyl (C=O) groups excluding carboxylic acids is 1. The highest BCUT2D eigenvalue weighted by atomic mass is 31.2. The van der Waals surface area contributed by atoms with Crippen molar-refractivity contribution in [1.82, 2.24) is 0 Å². The second-order valence-corrected chi connectivity index (χ2v) is 3.83. The molecule has 0 aliphatic heterocycles. The lowest BCUT2D eigenvalue weighted by molar-refractivity contribution is -0.148. The highest BCUT2D eigenvalue weighted by molar-refractivity contribution is 7.48. The molecular formula is C7H15O6P. The third-order valence-corrected chi connectivity index (χ3v) is 2.62. The van der Waals surface area contributed by atoms with E-state index in [1.54, 1.807) is 13.8 Å². The van der Waals surface area contributed by atoms with Crippen molar-refractivity contribution in [1.29, 1.82) is 0 Å². The largest absolute Gasteiger partial charge is 0.477 e. The zero-order chi connectivity index (χ0) is 11.0. The smallest absolute Gasteiger partial charge is 0.438 e. The Kier molecular flexibility index (Phi) is 6.74. The minimum absolute atomic E-state index is 0.192. The summed E-state index contributed by atoms with van der Waals surface area (Å²) in [4.78, 5) is 10.4. The molecule has 0 bridgehead atoms. The second-order valence-electron chi connectivity index (χ2n) is 2.17. The number of ether oxygens (including phenoxy) is 1. The standard InChI is InChI=1S/C7H15O6P/c1-4-11-14(9,12-5-2)13-6-10-7(3)8/h4-6H2,1-3H3. The van der Waals surface area contributed by atoms with Crippen molar-refractivity contribution in [2.45, 2.75) is 20.8 Å². The minimum Gasteiger partial charge on any atom is -0.438 e. The quantitative estimate of drug-likeness (QED) is 0.374. The van der Waals surface area contributed by atoms with Crippen LogP contribution in [0, 0.1) is 0 Å². The molecule has 0 amide bonds. The lowest BCUT2D eigenvalue weighted by atomic mass is 10.8. The van der Waals surface area contributed by atoms with E-state index in [9.17, 15) is 9.36 Å². The van der Waals surface area contributed by atoms with Gasteiger partial charge in [-0.25, -0.2) is 9.09 Å². The van der Waals surface area contributed by atoms with Crippen molar-refractivity contribution in [3.8, 4) is 0 Å². The van der Waals surface area contributed by atoms with Crippen molar-refractivity contribution in [2.24, 2.45) is 0 Å². The number of rotatable bonds is 7. The van der Waals surface area contributed by atoms with Gasteiger partial charge in [-0.1, -0.05) is 0 Å². The van der Waals surface area contributed by atoms with Crippen molar-refractivity contribution in [3.05, 3.63) is 0 Å². The van der Waals surface area contributed by atoms with E-state index in [4.69, 9.17) is 9.05 Å². The van der Waals surface area contributed by atoms with E-state index >= 15 is 0 Å². The molecule has 0 N–H and O–H groups in total. The summed E-state index contributed by atoms with van der Waals surface area (Å²) in [7, 11) is -3.55. The maximum Gasteiger partial charge on any atom is 0.477 e. The Labute approximate surface area is 83.1 Å². The fraction of sp³-hybridized carbons (Fsp3) is 0.857. The molecule has 6 nitrogen and oxygen atoms in total. The molecule has 0 atom stereocenters. The highest BCUT2D eigenvalue weighted by Crippen LogP contribution is 2.48. The van der Waals surface area contributed by atoms with E-state index in [0.29, 0.717) is 0 Å². The lowest BCUT2D eigenvalue weighted by Gasteiger charge is -2.15. The van der Waals surface area contributed by atoms with E-state index in [0.717, 1.165) is 0 Å². The van der Waals surface area contributed by atoms with Crippen molar-refractivity contribution >= 4 is 13.8 Å². The van der Waals surface area contributed by atoms with Gasteiger partial charge < -0.3 is 4.74 Å². The number of phosphoric ester groups is 1. The molecule has 0 aliphatic carbocycles. The van der Waals surface area contributed by atoms with Crippen LogP contribution in [0.5, 0.6) is 0 Å². The van der Waals surface area contributed by atoms with Gasteiger partial charge in [-0.2, -0.15) is 0 Å². The van der Waals surface area contributed by atoms with Gasteiger partial charge in [-0.3, -0.25) is 13.8 Å². The van der Waals surface area contributed by atoms with E-state index in [2.05, 4.69) is 9.26 Å². The number of esters is 1. The fourth-order valence-corrected chi connectivity index (χ4v) is 1.64.